The van der Waals surface area contributed by atoms with E-state index in [9.17, 15) is 9.65 Å². The van der Waals surface area contributed by atoms with Gasteiger partial charge in [-0.1, -0.05) is 13.8 Å². The number of halogens is 1. The van der Waals surface area contributed by atoms with Crippen LogP contribution in [-0.2, 0) is 7.05 Å². The lowest BCUT2D eigenvalue weighted by Gasteiger charge is -2.23. The lowest BCUT2D eigenvalue weighted by atomic mass is 10.1. The second-order valence-electron chi connectivity index (χ2n) is 7.73. The molecule has 2 bridgehead atoms. The standard InChI is InChI=1S/C21H19FN6O3.C2H6/c1-11-13-7-12(22)3-4-16(13)31-21(5-6-21)10-29-19-17(15(8-23)28(2)27-19)14-9-25-18(24)20(26-14)30-11;1-2/h3-4,7,9,11H,5-6,10H2,1-2H3,(H2,24,25);1-2H3. The summed E-state index contributed by atoms with van der Waals surface area (Å²) in [6.07, 6.45) is 2.35. The molecule has 3 heterocycles. The lowest BCUT2D eigenvalue weighted by Crippen LogP contribution is -2.28. The Labute approximate surface area is 190 Å². The predicted octanol–water partition coefficient (Wildman–Crippen LogP) is 3.94. The molecule has 1 atom stereocenters. The van der Waals surface area contributed by atoms with Gasteiger partial charge < -0.3 is 19.9 Å². The van der Waals surface area contributed by atoms with Crippen molar-refractivity contribution in [2.75, 3.05) is 12.3 Å². The van der Waals surface area contributed by atoms with E-state index in [1.54, 1.807) is 20.0 Å². The van der Waals surface area contributed by atoms with Crippen LogP contribution in [0.5, 0.6) is 17.5 Å². The zero-order valence-corrected chi connectivity index (χ0v) is 18.9. The van der Waals surface area contributed by atoms with Crippen molar-refractivity contribution in [2.24, 2.45) is 7.05 Å². The third-order valence-corrected chi connectivity index (χ3v) is 5.45. The van der Waals surface area contributed by atoms with Gasteiger partial charge in [0.25, 0.3) is 5.88 Å². The van der Waals surface area contributed by atoms with Crippen molar-refractivity contribution in [1.29, 1.82) is 5.26 Å². The number of nitrogen functional groups attached to an aromatic ring is 1. The quantitative estimate of drug-likeness (QED) is 0.544. The van der Waals surface area contributed by atoms with Crippen molar-refractivity contribution in [3.63, 3.8) is 0 Å². The maximum atomic E-state index is 14.0. The number of anilines is 1. The Hall–Kier alpha value is -3.87. The number of nitriles is 1. The van der Waals surface area contributed by atoms with Gasteiger partial charge in [-0.05, 0) is 38.0 Å². The minimum absolute atomic E-state index is 0.0549. The van der Waals surface area contributed by atoms with E-state index in [4.69, 9.17) is 19.9 Å². The van der Waals surface area contributed by atoms with Gasteiger partial charge in [0.05, 0.1) is 6.20 Å². The Morgan fingerprint density at radius 1 is 1.27 bits per heavy atom. The van der Waals surface area contributed by atoms with Crippen LogP contribution in [-0.4, -0.2) is 32.0 Å². The van der Waals surface area contributed by atoms with E-state index in [0.29, 0.717) is 22.6 Å². The van der Waals surface area contributed by atoms with Crippen molar-refractivity contribution < 1.29 is 18.6 Å². The summed E-state index contributed by atoms with van der Waals surface area (Å²) in [6, 6.07) is 6.41. The predicted molar refractivity (Wildman–Crippen MR) is 118 cm³/mol. The van der Waals surface area contributed by atoms with Gasteiger partial charge in [0.15, 0.2) is 11.5 Å². The zero-order chi connectivity index (χ0) is 23.8. The van der Waals surface area contributed by atoms with Crippen LogP contribution in [0.4, 0.5) is 10.2 Å². The Morgan fingerprint density at radius 3 is 2.73 bits per heavy atom. The topological polar surface area (TPSA) is 121 Å². The SMILES string of the molecule is CC.CC1Oc2nc(cnc2N)-c2c(nn(C)c2C#N)OCC2(CC2)Oc2ccc(F)cc21. The molecule has 1 aromatic carbocycles. The molecule has 172 valence electrons. The molecule has 1 aliphatic heterocycles. The number of hydrogen-bond donors (Lipinski definition) is 1. The molecule has 1 aliphatic carbocycles. The summed E-state index contributed by atoms with van der Waals surface area (Å²) < 4.78 is 33.7. The molecule has 10 heteroatoms. The molecule has 2 N–H and O–H groups in total. The van der Waals surface area contributed by atoms with Crippen molar-refractivity contribution in [3.05, 3.63) is 41.5 Å². The van der Waals surface area contributed by atoms with Gasteiger partial charge >= 0.3 is 0 Å². The number of nitrogens with zero attached hydrogens (tertiary/aromatic N) is 5. The first-order chi connectivity index (χ1) is 15.9. The maximum Gasteiger partial charge on any atom is 0.258 e. The number of aryl methyl sites for hydroxylation is 1. The minimum atomic E-state index is -0.626. The average Bonchev–Trinajstić information content (AvgIpc) is 3.50. The molecule has 2 aliphatic rings. The summed E-state index contributed by atoms with van der Waals surface area (Å²) >= 11 is 0. The third kappa shape index (κ3) is 4.14. The van der Waals surface area contributed by atoms with Crippen LogP contribution in [0.25, 0.3) is 11.3 Å². The Kier molecular flexibility index (Phi) is 5.80. The molecule has 1 spiro atoms. The lowest BCUT2D eigenvalue weighted by molar-refractivity contribution is 0.101. The summed E-state index contributed by atoms with van der Waals surface area (Å²) in [6.45, 7) is 5.96. The van der Waals surface area contributed by atoms with Crippen LogP contribution in [0.1, 0.15) is 51.0 Å². The molecule has 1 saturated carbocycles. The minimum Gasteiger partial charge on any atom is -0.483 e. The monoisotopic (exact) mass is 452 g/mol. The summed E-state index contributed by atoms with van der Waals surface area (Å²) in [4.78, 5) is 8.64. The zero-order valence-electron chi connectivity index (χ0n) is 18.9. The van der Waals surface area contributed by atoms with Crippen LogP contribution in [0, 0.1) is 17.1 Å². The number of fused-ring (bicyclic) bond motifs is 5. The number of aromatic nitrogens is 4. The van der Waals surface area contributed by atoms with Crippen LogP contribution >= 0.6 is 0 Å². The van der Waals surface area contributed by atoms with E-state index in [2.05, 4.69) is 21.1 Å². The van der Waals surface area contributed by atoms with Crippen LogP contribution in [0.15, 0.2) is 24.4 Å². The highest BCUT2D eigenvalue weighted by Gasteiger charge is 2.47. The number of ether oxygens (including phenoxy) is 3. The second-order valence-corrected chi connectivity index (χ2v) is 7.73. The second kappa shape index (κ2) is 8.58. The fourth-order valence-corrected chi connectivity index (χ4v) is 3.56. The van der Waals surface area contributed by atoms with E-state index >= 15 is 0 Å². The number of hydrogen-bond acceptors (Lipinski definition) is 8. The highest BCUT2D eigenvalue weighted by molar-refractivity contribution is 5.71. The van der Waals surface area contributed by atoms with E-state index in [1.165, 1.54) is 23.0 Å². The van der Waals surface area contributed by atoms with Crippen molar-refractivity contribution >= 4 is 5.82 Å². The van der Waals surface area contributed by atoms with Crippen molar-refractivity contribution in [1.82, 2.24) is 19.7 Å². The molecule has 0 radical (unpaired) electrons. The summed E-state index contributed by atoms with van der Waals surface area (Å²) in [5, 5.41) is 14.0. The summed E-state index contributed by atoms with van der Waals surface area (Å²) in [7, 11) is 1.65. The van der Waals surface area contributed by atoms with Gasteiger partial charge in [0.1, 0.15) is 47.2 Å². The highest BCUT2D eigenvalue weighted by Crippen LogP contribution is 2.44. The molecule has 2 aromatic heterocycles. The Bertz CT molecular complexity index is 1230. The van der Waals surface area contributed by atoms with Crippen LogP contribution < -0.4 is 19.9 Å². The van der Waals surface area contributed by atoms with E-state index in [1.807, 2.05) is 13.8 Å². The smallest absolute Gasteiger partial charge is 0.258 e. The summed E-state index contributed by atoms with van der Waals surface area (Å²) in [5.74, 6) is 0.445. The van der Waals surface area contributed by atoms with Gasteiger partial charge in [0, 0.05) is 12.6 Å². The van der Waals surface area contributed by atoms with E-state index < -0.39 is 17.5 Å². The number of rotatable bonds is 0. The highest BCUT2D eigenvalue weighted by atomic mass is 19.1. The number of benzene rings is 1. The first-order valence-electron chi connectivity index (χ1n) is 10.8. The van der Waals surface area contributed by atoms with Crippen LogP contribution in [0.2, 0.25) is 0 Å². The molecule has 1 fully saturated rings. The molecule has 0 saturated heterocycles. The fourth-order valence-electron chi connectivity index (χ4n) is 3.56. The fraction of sp³-hybridized carbons (Fsp3) is 0.391. The molecule has 1 unspecified atom stereocenters. The normalized spacial score (nSPS) is 17.6. The summed E-state index contributed by atoms with van der Waals surface area (Å²) in [5.41, 5.74) is 6.93. The first-order valence-corrected chi connectivity index (χ1v) is 10.8. The third-order valence-electron chi connectivity index (χ3n) is 5.45. The molecule has 9 nitrogen and oxygen atoms in total. The van der Waals surface area contributed by atoms with Gasteiger partial charge in [-0.15, -0.1) is 5.10 Å². The largest absolute Gasteiger partial charge is 0.483 e. The molecular weight excluding hydrogens is 427 g/mol. The van der Waals surface area contributed by atoms with Crippen LogP contribution in [0.3, 0.4) is 0 Å². The van der Waals surface area contributed by atoms with Gasteiger partial charge in [0.2, 0.25) is 5.88 Å². The molecule has 3 aromatic rings. The Balaban J connectivity index is 0.00000126. The average molecular weight is 452 g/mol. The van der Waals surface area contributed by atoms with E-state index in [0.717, 1.165) is 12.8 Å². The van der Waals surface area contributed by atoms with Crippen molar-refractivity contribution in [3.8, 4) is 34.8 Å². The van der Waals surface area contributed by atoms with Gasteiger partial charge in [-0.25, -0.2) is 14.4 Å². The molecule has 5 rings (SSSR count). The first kappa shape index (κ1) is 22.3. The van der Waals surface area contributed by atoms with Gasteiger partial charge in [-0.2, -0.15) is 5.26 Å². The Morgan fingerprint density at radius 2 is 2.03 bits per heavy atom. The molecule has 33 heavy (non-hydrogen) atoms. The van der Waals surface area contributed by atoms with Crippen molar-refractivity contribution in [2.45, 2.75) is 45.3 Å². The molecular formula is C23H25FN6O3. The number of nitrogens with two attached hydrogens (primary N) is 1. The molecule has 0 amide bonds. The van der Waals surface area contributed by atoms with Gasteiger partial charge in [-0.3, -0.25) is 4.68 Å². The van der Waals surface area contributed by atoms with E-state index in [-0.39, 0.29) is 29.9 Å². The maximum absolute atomic E-state index is 14.0.